The van der Waals surface area contributed by atoms with E-state index in [9.17, 15) is 36.7 Å². The first kappa shape index (κ1) is 40.6. The number of anilines is 4. The van der Waals surface area contributed by atoms with E-state index in [2.05, 4.69) is 9.97 Å². The zero-order chi connectivity index (χ0) is 41.4. The number of aromatic nitrogens is 4. The Kier molecular flexibility index (Phi) is 11.7. The maximum absolute atomic E-state index is 14.1. The molecule has 14 nitrogen and oxygen atoms in total. The molecule has 2 aromatic heterocycles. The second-order valence-corrected chi connectivity index (χ2v) is 14.8. The third-order valence-corrected chi connectivity index (χ3v) is 11.0. The molecular formula is C40H44F4N8O6. The van der Waals surface area contributed by atoms with Gasteiger partial charge in [0.05, 0.1) is 50.6 Å². The van der Waals surface area contributed by atoms with E-state index in [0.29, 0.717) is 87.3 Å². The summed E-state index contributed by atoms with van der Waals surface area (Å²) in [5.41, 5.74) is 0.635. The average Bonchev–Trinajstić information content (AvgIpc) is 3.75. The average molecular weight is 809 g/mol. The van der Waals surface area contributed by atoms with Crippen molar-refractivity contribution in [2.24, 2.45) is 14.1 Å². The first-order chi connectivity index (χ1) is 27.7. The maximum atomic E-state index is 14.1. The van der Waals surface area contributed by atoms with E-state index < -0.39 is 23.3 Å². The number of halogens is 4. The SMILES string of the molecule is C[C@@H]1Cc2c(ccc(F)c2F)N1C(=O)Cc1nc(N2CCOCC2)cc(=O)n1C.C[C@H]1Cc2c(ccc(F)c2F)N1C(=O)Cc1nc(N2CCOCC2)cc(=O)n1C. The molecule has 2 atom stereocenters. The zero-order valence-corrected chi connectivity index (χ0v) is 32.6. The van der Waals surface area contributed by atoms with Gasteiger partial charge in [-0.15, -0.1) is 0 Å². The smallest absolute Gasteiger partial charge is 0.255 e. The van der Waals surface area contributed by atoms with Crippen molar-refractivity contribution < 1.29 is 36.6 Å². The van der Waals surface area contributed by atoms with Gasteiger partial charge in [-0.3, -0.25) is 28.3 Å². The van der Waals surface area contributed by atoms with Crippen molar-refractivity contribution in [2.75, 3.05) is 72.2 Å². The minimum Gasteiger partial charge on any atom is -0.378 e. The molecule has 6 heterocycles. The van der Waals surface area contributed by atoms with Gasteiger partial charge in [0, 0.05) is 75.6 Å². The van der Waals surface area contributed by atoms with Gasteiger partial charge in [-0.1, -0.05) is 0 Å². The van der Waals surface area contributed by atoms with E-state index in [1.165, 1.54) is 43.2 Å². The quantitative estimate of drug-likeness (QED) is 0.268. The first-order valence-electron chi connectivity index (χ1n) is 19.1. The summed E-state index contributed by atoms with van der Waals surface area (Å²) < 4.78 is 68.7. The highest BCUT2D eigenvalue weighted by molar-refractivity contribution is 5.98. The van der Waals surface area contributed by atoms with Crippen LogP contribution in [0.25, 0.3) is 0 Å². The molecule has 2 saturated heterocycles. The summed E-state index contributed by atoms with van der Waals surface area (Å²) in [6, 6.07) is 7.18. The van der Waals surface area contributed by atoms with Crippen LogP contribution in [0, 0.1) is 23.3 Å². The minimum absolute atomic E-state index is 0.118. The minimum atomic E-state index is -0.924. The molecule has 0 unspecified atom stereocenters. The lowest BCUT2D eigenvalue weighted by molar-refractivity contribution is -0.119. The number of fused-ring (bicyclic) bond motifs is 2. The Morgan fingerprint density at radius 2 is 1.00 bits per heavy atom. The molecule has 4 aliphatic heterocycles. The lowest BCUT2D eigenvalue weighted by Gasteiger charge is -2.28. The van der Waals surface area contributed by atoms with Crippen LogP contribution in [0.2, 0.25) is 0 Å². The second kappa shape index (κ2) is 16.7. The largest absolute Gasteiger partial charge is 0.378 e. The van der Waals surface area contributed by atoms with Crippen molar-refractivity contribution in [1.82, 2.24) is 19.1 Å². The van der Waals surface area contributed by atoms with Gasteiger partial charge >= 0.3 is 0 Å². The van der Waals surface area contributed by atoms with Crippen LogP contribution in [0.1, 0.15) is 36.6 Å². The molecule has 58 heavy (non-hydrogen) atoms. The van der Waals surface area contributed by atoms with E-state index >= 15 is 0 Å². The van der Waals surface area contributed by atoms with Crippen molar-refractivity contribution in [2.45, 2.75) is 51.6 Å². The Morgan fingerprint density at radius 1 is 0.638 bits per heavy atom. The number of benzene rings is 2. The summed E-state index contributed by atoms with van der Waals surface area (Å²) in [6.45, 7) is 8.25. The number of ether oxygens (including phenoxy) is 2. The fraction of sp³-hybridized carbons (Fsp3) is 0.450. The molecule has 0 saturated carbocycles. The maximum Gasteiger partial charge on any atom is 0.255 e. The van der Waals surface area contributed by atoms with Gasteiger partial charge in [0.15, 0.2) is 23.3 Å². The summed E-state index contributed by atoms with van der Waals surface area (Å²) in [7, 11) is 3.13. The molecule has 18 heteroatoms. The van der Waals surface area contributed by atoms with Crippen LogP contribution >= 0.6 is 0 Å². The number of morpholine rings is 2. The van der Waals surface area contributed by atoms with Crippen molar-refractivity contribution in [3.63, 3.8) is 0 Å². The highest BCUT2D eigenvalue weighted by Gasteiger charge is 2.36. The molecule has 8 rings (SSSR count). The number of amides is 2. The normalized spacial score (nSPS) is 18.8. The highest BCUT2D eigenvalue weighted by Crippen LogP contribution is 2.36. The Morgan fingerprint density at radius 3 is 1.36 bits per heavy atom. The molecule has 2 amide bonds. The molecule has 4 aromatic rings. The molecule has 0 aliphatic carbocycles. The number of carbonyl (C=O) groups excluding carboxylic acids is 2. The molecule has 2 fully saturated rings. The van der Waals surface area contributed by atoms with Crippen LogP contribution in [0.15, 0.2) is 46.0 Å². The monoisotopic (exact) mass is 808 g/mol. The van der Waals surface area contributed by atoms with E-state index in [1.54, 1.807) is 27.9 Å². The van der Waals surface area contributed by atoms with Crippen molar-refractivity contribution in [1.29, 1.82) is 0 Å². The van der Waals surface area contributed by atoms with Crippen molar-refractivity contribution in [3.8, 4) is 0 Å². The standard InChI is InChI=1S/2C20H22F2N4O3/c2*1-12-9-13-15(4-3-14(21)20(13)22)26(12)19(28)10-16-23-17(11-18(27)24(16)2)25-5-7-29-8-6-25/h2*3-4,11-12H,5-10H2,1-2H3/t2*12-/m10/s1. The van der Waals surface area contributed by atoms with Crippen molar-refractivity contribution >= 4 is 34.8 Å². The van der Waals surface area contributed by atoms with Gasteiger partial charge in [0.2, 0.25) is 11.8 Å². The van der Waals surface area contributed by atoms with E-state index in [0.717, 1.165) is 12.1 Å². The summed E-state index contributed by atoms with van der Waals surface area (Å²) in [4.78, 5) is 66.8. The van der Waals surface area contributed by atoms with Gasteiger partial charge in [-0.25, -0.2) is 27.5 Å². The highest BCUT2D eigenvalue weighted by atomic mass is 19.2. The Labute approximate surface area is 331 Å². The van der Waals surface area contributed by atoms with Crippen molar-refractivity contribution in [3.05, 3.63) is 103 Å². The summed E-state index contributed by atoms with van der Waals surface area (Å²) in [5.74, 6) is -2.62. The van der Waals surface area contributed by atoms with Crippen LogP contribution in [0.3, 0.4) is 0 Å². The molecule has 0 N–H and O–H groups in total. The number of nitrogens with zero attached hydrogens (tertiary/aromatic N) is 8. The lowest BCUT2D eigenvalue weighted by atomic mass is 10.1. The van der Waals surface area contributed by atoms with Gasteiger partial charge in [0.1, 0.15) is 23.3 Å². The molecular weight excluding hydrogens is 764 g/mol. The molecule has 308 valence electrons. The Bertz CT molecular complexity index is 2200. The van der Waals surface area contributed by atoms with E-state index in [-0.39, 0.29) is 71.8 Å². The Hall–Kier alpha value is -5.62. The predicted molar refractivity (Wildman–Crippen MR) is 206 cm³/mol. The third-order valence-electron chi connectivity index (χ3n) is 11.0. The van der Waals surface area contributed by atoms with Crippen LogP contribution in [0.4, 0.5) is 40.6 Å². The number of carbonyl (C=O) groups is 2. The molecule has 2 aromatic carbocycles. The topological polar surface area (TPSA) is 135 Å². The van der Waals surface area contributed by atoms with Crippen LogP contribution in [0.5, 0.6) is 0 Å². The Balaban J connectivity index is 0.000000177. The number of rotatable bonds is 6. The fourth-order valence-corrected chi connectivity index (χ4v) is 7.83. The summed E-state index contributed by atoms with van der Waals surface area (Å²) >= 11 is 0. The van der Waals surface area contributed by atoms with Gasteiger partial charge in [-0.05, 0) is 51.0 Å². The van der Waals surface area contributed by atoms with Gasteiger partial charge in [0.25, 0.3) is 11.1 Å². The summed E-state index contributed by atoms with van der Waals surface area (Å²) in [5, 5.41) is 0. The second-order valence-electron chi connectivity index (χ2n) is 14.8. The number of hydrogen-bond acceptors (Lipinski definition) is 10. The first-order valence-corrected chi connectivity index (χ1v) is 19.1. The van der Waals surface area contributed by atoms with Gasteiger partial charge < -0.3 is 29.1 Å². The molecule has 0 spiro atoms. The predicted octanol–water partition coefficient (Wildman–Crippen LogP) is 2.83. The number of hydrogen-bond donors (Lipinski definition) is 0. The van der Waals surface area contributed by atoms with E-state index in [4.69, 9.17) is 9.47 Å². The fourth-order valence-electron chi connectivity index (χ4n) is 7.83. The van der Waals surface area contributed by atoms with E-state index in [1.807, 2.05) is 9.80 Å². The molecule has 0 bridgehead atoms. The lowest BCUT2D eigenvalue weighted by Crippen LogP contribution is -2.40. The third kappa shape index (κ3) is 7.94. The van der Waals surface area contributed by atoms with Crippen LogP contribution in [-0.4, -0.2) is 95.6 Å². The zero-order valence-electron chi connectivity index (χ0n) is 32.6. The molecule has 4 aliphatic rings. The van der Waals surface area contributed by atoms with Crippen LogP contribution < -0.4 is 30.7 Å². The van der Waals surface area contributed by atoms with Crippen LogP contribution in [-0.2, 0) is 58.8 Å². The summed E-state index contributed by atoms with van der Waals surface area (Å²) in [6.07, 6.45) is 0.245. The van der Waals surface area contributed by atoms with Gasteiger partial charge in [-0.2, -0.15) is 0 Å². The molecule has 0 radical (unpaired) electrons.